The number of methoxy groups -OCH3 is 1. The van der Waals surface area contributed by atoms with Gasteiger partial charge in [0, 0.05) is 12.1 Å². The summed E-state index contributed by atoms with van der Waals surface area (Å²) in [7, 11) is 3.14. The number of nitrogens with one attached hydrogen (secondary N) is 3. The summed E-state index contributed by atoms with van der Waals surface area (Å²) in [5.74, 6) is -4.76. The molecular weight excluding hydrogens is 375 g/mol. The fourth-order valence-electron chi connectivity index (χ4n) is 2.53. The summed E-state index contributed by atoms with van der Waals surface area (Å²) >= 11 is 0. The Bertz CT molecular complexity index is 862. The van der Waals surface area contributed by atoms with E-state index >= 15 is 0 Å². The first-order valence-electron chi connectivity index (χ1n) is 8.45. The van der Waals surface area contributed by atoms with E-state index in [2.05, 4.69) is 10.6 Å². The van der Waals surface area contributed by atoms with Crippen molar-refractivity contribution in [3.8, 4) is 5.75 Å². The van der Waals surface area contributed by atoms with Crippen molar-refractivity contribution in [2.75, 3.05) is 32.6 Å². The lowest BCUT2D eigenvalue weighted by molar-refractivity contribution is -0.862. The topological polar surface area (TPSA) is 71.9 Å². The lowest BCUT2D eigenvalue weighted by atomic mass is 10.2. The van der Waals surface area contributed by atoms with Crippen molar-refractivity contribution >= 4 is 17.5 Å². The van der Waals surface area contributed by atoms with E-state index in [1.807, 2.05) is 18.2 Å². The van der Waals surface area contributed by atoms with E-state index < -0.39 is 29.0 Å². The van der Waals surface area contributed by atoms with Crippen molar-refractivity contribution in [1.82, 2.24) is 5.32 Å². The van der Waals surface area contributed by atoms with E-state index in [1.165, 1.54) is 7.11 Å². The zero-order valence-corrected chi connectivity index (χ0v) is 15.4. The minimum Gasteiger partial charge on any atom is -0.496 e. The van der Waals surface area contributed by atoms with Gasteiger partial charge in [-0.05, 0) is 18.2 Å². The van der Waals surface area contributed by atoms with Crippen molar-refractivity contribution in [1.29, 1.82) is 0 Å². The molecule has 28 heavy (non-hydrogen) atoms. The maximum absolute atomic E-state index is 13.6. The number of para-hydroxylation sites is 1. The molecule has 1 atom stereocenters. The first-order valence-corrected chi connectivity index (χ1v) is 8.45. The molecule has 150 valence electrons. The highest BCUT2D eigenvalue weighted by atomic mass is 19.2. The predicted octanol–water partition coefficient (Wildman–Crippen LogP) is 0.882. The summed E-state index contributed by atoms with van der Waals surface area (Å²) in [5, 5.41) is 4.89. The standard InChI is InChI=1S/C19H20F3N3O3/c1-25(10-16(26)23-9-12-5-3-4-6-15(12)28-2)11-17(27)24-14-8-7-13(20)18(21)19(14)22/h3-8H,9-11H2,1-2H3,(H,23,26)(H,24,27)/p+1. The summed E-state index contributed by atoms with van der Waals surface area (Å²) in [5.41, 5.74) is 0.347. The maximum atomic E-state index is 13.6. The highest BCUT2D eigenvalue weighted by Gasteiger charge is 2.18. The van der Waals surface area contributed by atoms with Gasteiger partial charge in [0.05, 0.1) is 19.8 Å². The van der Waals surface area contributed by atoms with Gasteiger partial charge in [-0.25, -0.2) is 13.2 Å². The van der Waals surface area contributed by atoms with E-state index in [0.717, 1.165) is 17.7 Å². The highest BCUT2D eigenvalue weighted by molar-refractivity contribution is 5.91. The van der Waals surface area contributed by atoms with Gasteiger partial charge in [-0.15, -0.1) is 0 Å². The van der Waals surface area contributed by atoms with Crippen LogP contribution >= 0.6 is 0 Å². The molecule has 0 heterocycles. The number of hydrogen-bond donors (Lipinski definition) is 3. The van der Waals surface area contributed by atoms with Crippen molar-refractivity contribution < 1.29 is 32.4 Å². The number of hydrogen-bond acceptors (Lipinski definition) is 3. The first-order chi connectivity index (χ1) is 13.3. The van der Waals surface area contributed by atoms with Gasteiger partial charge in [0.15, 0.2) is 30.5 Å². The molecule has 9 heteroatoms. The fraction of sp³-hybridized carbons (Fsp3) is 0.263. The van der Waals surface area contributed by atoms with E-state index in [4.69, 9.17) is 4.74 Å². The average Bonchev–Trinajstić information content (AvgIpc) is 2.66. The molecule has 0 fully saturated rings. The SMILES string of the molecule is COc1ccccc1CNC(=O)C[NH+](C)CC(=O)Nc1ccc(F)c(F)c1F. The Labute approximate surface area is 160 Å². The Hall–Kier alpha value is -3.07. The number of halogens is 3. The van der Waals surface area contributed by atoms with Crippen LogP contribution in [0, 0.1) is 17.5 Å². The Morgan fingerprint density at radius 2 is 1.68 bits per heavy atom. The monoisotopic (exact) mass is 396 g/mol. The van der Waals surface area contributed by atoms with Gasteiger partial charge in [0.1, 0.15) is 5.75 Å². The summed E-state index contributed by atoms with van der Waals surface area (Å²) in [4.78, 5) is 24.5. The molecule has 6 nitrogen and oxygen atoms in total. The Kier molecular flexibility index (Phi) is 7.39. The van der Waals surface area contributed by atoms with Crippen LogP contribution in [0.4, 0.5) is 18.9 Å². The van der Waals surface area contributed by atoms with Crippen molar-refractivity contribution in [2.45, 2.75) is 6.54 Å². The first kappa shape index (κ1) is 21.2. The molecule has 0 radical (unpaired) electrons. The largest absolute Gasteiger partial charge is 0.496 e. The van der Waals surface area contributed by atoms with Gasteiger partial charge < -0.3 is 20.3 Å². The summed E-state index contributed by atoms with van der Waals surface area (Å²) in [6, 6.07) is 8.89. The third-order valence-corrected chi connectivity index (χ3v) is 3.90. The molecule has 0 saturated carbocycles. The molecule has 2 amide bonds. The maximum Gasteiger partial charge on any atom is 0.279 e. The van der Waals surface area contributed by atoms with E-state index in [1.54, 1.807) is 13.1 Å². The lowest BCUT2D eigenvalue weighted by Gasteiger charge is -2.14. The number of likely N-dealkylation sites (N-methyl/N-ethyl adjacent to an activating group) is 1. The van der Waals surface area contributed by atoms with Crippen LogP contribution in [0.5, 0.6) is 5.75 Å². The van der Waals surface area contributed by atoms with E-state index in [0.29, 0.717) is 10.6 Å². The molecule has 1 unspecified atom stereocenters. The summed E-state index contributed by atoms with van der Waals surface area (Å²) in [6.07, 6.45) is 0. The summed E-state index contributed by atoms with van der Waals surface area (Å²) < 4.78 is 44.9. The van der Waals surface area contributed by atoms with Crippen LogP contribution in [0.1, 0.15) is 5.56 Å². The number of quaternary nitrogens is 1. The van der Waals surface area contributed by atoms with Crippen LogP contribution in [-0.4, -0.2) is 39.1 Å². The van der Waals surface area contributed by atoms with Crippen LogP contribution in [0.3, 0.4) is 0 Å². The highest BCUT2D eigenvalue weighted by Crippen LogP contribution is 2.19. The molecule has 0 bridgehead atoms. The molecule has 2 rings (SSSR count). The number of ether oxygens (including phenoxy) is 1. The smallest absolute Gasteiger partial charge is 0.279 e. The minimum absolute atomic E-state index is 0.0111. The second kappa shape index (κ2) is 9.75. The number of carbonyl (C=O) groups is 2. The van der Waals surface area contributed by atoms with Crippen LogP contribution in [0.15, 0.2) is 36.4 Å². The Morgan fingerprint density at radius 3 is 2.39 bits per heavy atom. The molecular formula is C19H21F3N3O3+. The van der Waals surface area contributed by atoms with Gasteiger partial charge in [0.2, 0.25) is 0 Å². The van der Waals surface area contributed by atoms with Crippen molar-refractivity contribution in [3.63, 3.8) is 0 Å². The number of benzene rings is 2. The molecule has 0 spiro atoms. The van der Waals surface area contributed by atoms with E-state index in [9.17, 15) is 22.8 Å². The molecule has 0 aliphatic heterocycles. The van der Waals surface area contributed by atoms with Gasteiger partial charge in [-0.3, -0.25) is 9.59 Å². The van der Waals surface area contributed by atoms with Crippen LogP contribution < -0.4 is 20.3 Å². The molecule has 0 aromatic heterocycles. The third kappa shape index (κ3) is 5.71. The molecule has 0 aliphatic carbocycles. The minimum atomic E-state index is -1.66. The van der Waals surface area contributed by atoms with Crippen molar-refractivity contribution in [3.05, 3.63) is 59.4 Å². The van der Waals surface area contributed by atoms with Crippen LogP contribution in [-0.2, 0) is 16.1 Å². The Balaban J connectivity index is 1.82. The molecule has 3 N–H and O–H groups in total. The summed E-state index contributed by atoms with van der Waals surface area (Å²) in [6.45, 7) is 0.0890. The number of anilines is 1. The average molecular weight is 396 g/mol. The lowest BCUT2D eigenvalue weighted by Crippen LogP contribution is -3.11. The third-order valence-electron chi connectivity index (χ3n) is 3.90. The van der Waals surface area contributed by atoms with Gasteiger partial charge in [0.25, 0.3) is 11.8 Å². The molecule has 2 aromatic carbocycles. The predicted molar refractivity (Wildman–Crippen MR) is 96.4 cm³/mol. The zero-order chi connectivity index (χ0) is 20.7. The number of rotatable bonds is 8. The van der Waals surface area contributed by atoms with Gasteiger partial charge in [-0.1, -0.05) is 18.2 Å². The second-order valence-electron chi connectivity index (χ2n) is 6.17. The van der Waals surface area contributed by atoms with Crippen LogP contribution in [0.2, 0.25) is 0 Å². The second-order valence-corrected chi connectivity index (χ2v) is 6.17. The fourth-order valence-corrected chi connectivity index (χ4v) is 2.53. The molecule has 0 aliphatic rings. The number of carbonyl (C=O) groups excluding carboxylic acids is 2. The van der Waals surface area contributed by atoms with Crippen molar-refractivity contribution in [2.24, 2.45) is 0 Å². The van der Waals surface area contributed by atoms with Gasteiger partial charge >= 0.3 is 0 Å². The molecule has 0 saturated heterocycles. The molecule has 2 aromatic rings. The number of amides is 2. The van der Waals surface area contributed by atoms with Gasteiger partial charge in [-0.2, -0.15) is 0 Å². The zero-order valence-electron chi connectivity index (χ0n) is 15.4. The van der Waals surface area contributed by atoms with Crippen LogP contribution in [0.25, 0.3) is 0 Å². The Morgan fingerprint density at radius 1 is 1.00 bits per heavy atom. The quantitative estimate of drug-likeness (QED) is 0.581. The normalized spacial score (nSPS) is 11.6. The van der Waals surface area contributed by atoms with E-state index in [-0.39, 0.29) is 25.5 Å².